The maximum Gasteiger partial charge on any atom is 0.269 e. The van der Waals surface area contributed by atoms with Gasteiger partial charge >= 0.3 is 0 Å². The molecule has 0 saturated carbocycles. The highest BCUT2D eigenvalue weighted by Gasteiger charge is 2.20. The van der Waals surface area contributed by atoms with E-state index < -0.39 is 10.0 Å². The van der Waals surface area contributed by atoms with E-state index in [1.165, 1.54) is 14.0 Å². The summed E-state index contributed by atoms with van der Waals surface area (Å²) in [7, 11) is -2.22. The van der Waals surface area contributed by atoms with Crippen LogP contribution < -0.4 is 10.0 Å². The Kier molecular flexibility index (Phi) is 6.76. The van der Waals surface area contributed by atoms with Gasteiger partial charge in [0.1, 0.15) is 0 Å². The Morgan fingerprint density at radius 2 is 2.20 bits per heavy atom. The number of hydrogen-bond acceptors (Lipinski definition) is 7. The van der Waals surface area contributed by atoms with Crippen molar-refractivity contribution in [1.82, 2.24) is 14.9 Å². The number of alkyl halides is 1. The minimum atomic E-state index is -3.74. The van der Waals surface area contributed by atoms with Gasteiger partial charge in [0, 0.05) is 20.6 Å². The monoisotopic (exact) mass is 342 g/mol. The highest BCUT2D eigenvalue weighted by molar-refractivity contribution is 7.91. The quantitative estimate of drug-likeness (QED) is 0.523. The first-order valence-electron chi connectivity index (χ1n) is 5.59. The van der Waals surface area contributed by atoms with Gasteiger partial charge < -0.3 is 10.1 Å². The van der Waals surface area contributed by atoms with Gasteiger partial charge in [0.25, 0.3) is 10.0 Å². The molecule has 0 saturated heterocycles. The molecule has 20 heavy (non-hydrogen) atoms. The third-order valence-corrected chi connectivity index (χ3v) is 5.03. The Morgan fingerprint density at radius 1 is 1.50 bits per heavy atom. The molecule has 1 aromatic rings. The molecule has 1 heterocycles. The summed E-state index contributed by atoms with van der Waals surface area (Å²) >= 11 is 6.66. The number of hydrogen-bond donors (Lipinski definition) is 2. The van der Waals surface area contributed by atoms with E-state index in [1.54, 1.807) is 0 Å². The fourth-order valence-electron chi connectivity index (χ4n) is 1.20. The first kappa shape index (κ1) is 17.2. The summed E-state index contributed by atoms with van der Waals surface area (Å²) < 4.78 is 30.8. The molecule has 1 unspecified atom stereocenters. The Labute approximate surface area is 125 Å². The third kappa shape index (κ3) is 5.67. The van der Waals surface area contributed by atoms with Crippen molar-refractivity contribution in [3.8, 4) is 0 Å². The van der Waals surface area contributed by atoms with Crippen LogP contribution >= 0.6 is 22.9 Å². The lowest BCUT2D eigenvalue weighted by molar-refractivity contribution is -0.114. The smallest absolute Gasteiger partial charge is 0.269 e. The Balaban J connectivity index is 2.56. The standard InChI is InChI=1S/C9H15ClN4O4S2/c1-6(15)12-8-13-14-9(19-8)20(16,17)11-4-3-7(10)5-18-2/h7,11H,3-5H2,1-2H3,(H,12,13,15). The van der Waals surface area contributed by atoms with Gasteiger partial charge in [-0.25, -0.2) is 13.1 Å². The fraction of sp³-hybridized carbons (Fsp3) is 0.667. The molecule has 8 nitrogen and oxygen atoms in total. The van der Waals surface area contributed by atoms with Gasteiger partial charge in [-0.2, -0.15) is 0 Å². The number of ether oxygens (including phenoxy) is 1. The van der Waals surface area contributed by atoms with E-state index in [-0.39, 0.29) is 27.3 Å². The second kappa shape index (κ2) is 7.84. The zero-order chi connectivity index (χ0) is 15.2. The molecule has 0 aromatic carbocycles. The largest absolute Gasteiger partial charge is 0.383 e. The average molecular weight is 343 g/mol. The number of carbonyl (C=O) groups excluding carboxylic acids is 1. The van der Waals surface area contributed by atoms with Crippen molar-refractivity contribution in [3.63, 3.8) is 0 Å². The van der Waals surface area contributed by atoms with E-state index in [0.29, 0.717) is 13.0 Å². The Bertz CT molecular complexity index is 548. The van der Waals surface area contributed by atoms with Gasteiger partial charge in [0.15, 0.2) is 0 Å². The van der Waals surface area contributed by atoms with Crippen molar-refractivity contribution < 1.29 is 17.9 Å². The van der Waals surface area contributed by atoms with E-state index in [0.717, 1.165) is 11.3 Å². The van der Waals surface area contributed by atoms with Crippen LogP contribution in [0.4, 0.5) is 5.13 Å². The first-order valence-corrected chi connectivity index (χ1v) is 8.32. The number of amides is 1. The lowest BCUT2D eigenvalue weighted by atomic mass is 10.3. The molecule has 1 amide bonds. The lowest BCUT2D eigenvalue weighted by Gasteiger charge is -2.08. The second-order valence-electron chi connectivity index (χ2n) is 3.79. The van der Waals surface area contributed by atoms with Crippen molar-refractivity contribution in [1.29, 1.82) is 0 Å². The molecular weight excluding hydrogens is 328 g/mol. The zero-order valence-electron chi connectivity index (χ0n) is 10.9. The molecule has 0 aliphatic rings. The summed E-state index contributed by atoms with van der Waals surface area (Å²) in [6.07, 6.45) is 0.423. The van der Waals surface area contributed by atoms with E-state index in [2.05, 4.69) is 20.2 Å². The summed E-state index contributed by atoms with van der Waals surface area (Å²) in [4.78, 5) is 10.8. The summed E-state index contributed by atoms with van der Waals surface area (Å²) in [5.41, 5.74) is 0. The number of rotatable bonds is 8. The van der Waals surface area contributed by atoms with Crippen LogP contribution in [0.25, 0.3) is 0 Å². The molecule has 2 N–H and O–H groups in total. The van der Waals surface area contributed by atoms with E-state index >= 15 is 0 Å². The van der Waals surface area contributed by atoms with E-state index in [4.69, 9.17) is 16.3 Å². The predicted octanol–water partition coefficient (Wildman–Crippen LogP) is 0.419. The molecule has 0 aliphatic carbocycles. The molecule has 1 atom stereocenters. The van der Waals surface area contributed by atoms with Crippen molar-refractivity contribution in [2.24, 2.45) is 0 Å². The van der Waals surface area contributed by atoms with Gasteiger partial charge in [-0.05, 0) is 6.42 Å². The van der Waals surface area contributed by atoms with Crippen LogP contribution in [-0.4, -0.2) is 50.2 Å². The molecule has 0 bridgehead atoms. The van der Waals surface area contributed by atoms with Gasteiger partial charge in [0.05, 0.1) is 12.0 Å². The molecule has 114 valence electrons. The van der Waals surface area contributed by atoms with Crippen LogP contribution in [0.2, 0.25) is 0 Å². The molecular formula is C9H15ClN4O4S2. The van der Waals surface area contributed by atoms with E-state index in [9.17, 15) is 13.2 Å². The lowest BCUT2D eigenvalue weighted by Crippen LogP contribution is -2.27. The Morgan fingerprint density at radius 3 is 2.80 bits per heavy atom. The molecule has 0 fully saturated rings. The highest BCUT2D eigenvalue weighted by Crippen LogP contribution is 2.19. The normalized spacial score (nSPS) is 13.2. The third-order valence-electron chi connectivity index (χ3n) is 2.02. The maximum atomic E-state index is 11.9. The predicted molar refractivity (Wildman–Crippen MR) is 75.5 cm³/mol. The zero-order valence-corrected chi connectivity index (χ0v) is 13.3. The highest BCUT2D eigenvalue weighted by atomic mass is 35.5. The average Bonchev–Trinajstić information content (AvgIpc) is 2.77. The number of anilines is 1. The van der Waals surface area contributed by atoms with Crippen molar-refractivity contribution in [2.45, 2.75) is 23.1 Å². The minimum absolute atomic E-state index is 0.132. The molecule has 11 heteroatoms. The molecule has 0 aliphatic heterocycles. The molecule has 1 rings (SSSR count). The van der Waals surface area contributed by atoms with Crippen LogP contribution in [0.5, 0.6) is 0 Å². The molecule has 1 aromatic heterocycles. The number of methoxy groups -OCH3 is 1. The van der Waals surface area contributed by atoms with Crippen LogP contribution in [0.3, 0.4) is 0 Å². The van der Waals surface area contributed by atoms with Gasteiger partial charge in [-0.1, -0.05) is 11.3 Å². The van der Waals surface area contributed by atoms with Crippen molar-refractivity contribution in [2.75, 3.05) is 25.6 Å². The summed E-state index contributed by atoms with van der Waals surface area (Å²) in [6.45, 7) is 1.80. The number of nitrogens with one attached hydrogen (secondary N) is 2. The summed E-state index contributed by atoms with van der Waals surface area (Å²) in [6, 6.07) is 0. The number of sulfonamides is 1. The number of nitrogens with zero attached hydrogens (tertiary/aromatic N) is 2. The first-order chi connectivity index (χ1) is 9.35. The van der Waals surface area contributed by atoms with Gasteiger partial charge in [-0.3, -0.25) is 4.79 Å². The Hall–Kier alpha value is -0.810. The van der Waals surface area contributed by atoms with Crippen molar-refractivity contribution >= 4 is 44.0 Å². The van der Waals surface area contributed by atoms with Crippen LogP contribution in [-0.2, 0) is 19.6 Å². The van der Waals surface area contributed by atoms with Crippen LogP contribution in [0.1, 0.15) is 13.3 Å². The SMILES string of the molecule is COCC(Cl)CCNS(=O)(=O)c1nnc(NC(C)=O)s1. The van der Waals surface area contributed by atoms with Gasteiger partial charge in [0.2, 0.25) is 15.4 Å². The van der Waals surface area contributed by atoms with E-state index in [1.807, 2.05) is 0 Å². The number of carbonyl (C=O) groups is 1. The minimum Gasteiger partial charge on any atom is -0.383 e. The molecule has 0 radical (unpaired) electrons. The molecule has 0 spiro atoms. The topological polar surface area (TPSA) is 110 Å². The number of aromatic nitrogens is 2. The summed E-state index contributed by atoms with van der Waals surface area (Å²) in [5, 5.41) is 9.31. The maximum absolute atomic E-state index is 11.9. The second-order valence-corrected chi connectivity index (χ2v) is 7.33. The fourth-order valence-corrected chi connectivity index (χ4v) is 3.46. The van der Waals surface area contributed by atoms with Gasteiger partial charge in [-0.15, -0.1) is 21.8 Å². The van der Waals surface area contributed by atoms with Crippen LogP contribution in [0, 0.1) is 0 Å². The summed E-state index contributed by atoms with van der Waals surface area (Å²) in [5.74, 6) is -0.345. The van der Waals surface area contributed by atoms with Crippen molar-refractivity contribution in [3.05, 3.63) is 0 Å². The number of halogens is 1. The van der Waals surface area contributed by atoms with Crippen LogP contribution in [0.15, 0.2) is 4.34 Å².